The maximum absolute atomic E-state index is 7.61. The lowest BCUT2D eigenvalue weighted by atomic mass is 10.5. The Balaban J connectivity index is 2.87. The van der Waals surface area contributed by atoms with E-state index in [1.54, 1.807) is 0 Å². The summed E-state index contributed by atoms with van der Waals surface area (Å²) in [4.78, 5) is 11.1. The van der Waals surface area contributed by atoms with Gasteiger partial charge in [0.2, 0.25) is 0 Å². The molecule has 1 atom stereocenters. The maximum Gasteiger partial charge on any atom is 0.182 e. The van der Waals surface area contributed by atoms with Gasteiger partial charge in [-0.1, -0.05) is 0 Å². The molecule has 0 aliphatic rings. The van der Waals surface area contributed by atoms with E-state index < -0.39 is 6.52 Å². The van der Waals surface area contributed by atoms with Crippen LogP contribution in [-0.4, -0.2) is 19.5 Å². The summed E-state index contributed by atoms with van der Waals surface area (Å²) in [6.07, 6.45) is -0.579. The highest BCUT2D eigenvalue weighted by Gasteiger charge is 2.05. The molecule has 0 saturated heterocycles. The molecule has 0 bridgehead atoms. The van der Waals surface area contributed by atoms with Crippen LogP contribution < -0.4 is 5.72 Å². The van der Waals surface area contributed by atoms with Gasteiger partial charge in [0, 0.05) is 7.89 Å². The lowest BCUT2D eigenvalue weighted by molar-refractivity contribution is 0.786. The second-order valence-electron chi connectivity index (χ2n) is 2.16. The predicted octanol–water partition coefficient (Wildman–Crippen LogP) is 0.428. The molecule has 12 heavy (non-hydrogen) atoms. The van der Waals surface area contributed by atoms with Crippen molar-refractivity contribution in [1.82, 2.24) is 19.5 Å². The van der Waals surface area contributed by atoms with Crippen molar-refractivity contribution >= 4 is 17.0 Å². The van der Waals surface area contributed by atoms with Gasteiger partial charge in [0.1, 0.15) is 14.6 Å². The number of aromatic nitrogens is 4. The number of aryl methyl sites for hydroxylation is 1. The van der Waals surface area contributed by atoms with E-state index in [-0.39, 0.29) is 35.3 Å². The van der Waals surface area contributed by atoms with Crippen LogP contribution in [0, 0.1) is 0 Å². The van der Waals surface area contributed by atoms with Crippen LogP contribution in [0.25, 0.3) is 11.2 Å². The number of hydrogen-bond acceptors (Lipinski definition) is 4. The monoisotopic (exact) mass is 168 g/mol. The molecule has 0 saturated carbocycles. The number of imidazole rings is 1. The Bertz CT molecular complexity index is 565. The maximum atomic E-state index is 7.61. The van der Waals surface area contributed by atoms with Crippen molar-refractivity contribution in [3.05, 3.63) is 12.6 Å². The first-order valence-corrected chi connectivity index (χ1v) is 3.35. The fourth-order valence-corrected chi connectivity index (χ4v) is 0.957. The van der Waals surface area contributed by atoms with E-state index in [0.29, 0.717) is 0 Å². The first kappa shape index (κ1) is 3.38. The number of nitrogen functional groups attached to an aromatic ring is 1. The van der Waals surface area contributed by atoms with Crippen LogP contribution in [0.4, 0.5) is 5.82 Å². The van der Waals surface area contributed by atoms with Crippen molar-refractivity contribution < 1.29 is 6.94 Å². The average Bonchev–Trinajstić information content (AvgIpc) is 2.51. The Labute approximate surface area is 76.4 Å². The van der Waals surface area contributed by atoms with Gasteiger partial charge >= 0.3 is 0 Å². The molecule has 62 valence electrons. The summed E-state index contributed by atoms with van der Waals surface area (Å²) in [5.41, 5.74) is 0.425. The third kappa shape index (κ3) is 0.827. The minimum Gasteiger partial charge on any atom is -0.382 e. The molecular weight excluding hydrogens is 154 g/mol. The van der Waals surface area contributed by atoms with Gasteiger partial charge in [-0.25, -0.2) is 15.0 Å². The minimum atomic E-state index is -0.814. The SMILES string of the molecule is [2H]c1nc(N([2H])[2H])c2c(n1)nc([2H])n2C([2H])C. The van der Waals surface area contributed by atoms with E-state index in [2.05, 4.69) is 15.0 Å². The van der Waals surface area contributed by atoms with Crippen LogP contribution >= 0.6 is 0 Å². The van der Waals surface area contributed by atoms with Gasteiger partial charge in [-0.05, 0) is 6.92 Å². The molecule has 0 aliphatic heterocycles. The van der Waals surface area contributed by atoms with Crippen LogP contribution in [0.1, 0.15) is 11.0 Å². The molecule has 2 aromatic heterocycles. The largest absolute Gasteiger partial charge is 0.382 e. The molecule has 0 radical (unpaired) electrons. The van der Waals surface area contributed by atoms with Crippen molar-refractivity contribution in [2.75, 3.05) is 5.72 Å². The Morgan fingerprint density at radius 3 is 3.42 bits per heavy atom. The quantitative estimate of drug-likeness (QED) is 0.705. The smallest absolute Gasteiger partial charge is 0.182 e. The summed E-state index contributed by atoms with van der Waals surface area (Å²) in [5.74, 6) is -0.162. The van der Waals surface area contributed by atoms with E-state index >= 15 is 0 Å². The molecule has 2 aromatic rings. The van der Waals surface area contributed by atoms with Crippen LogP contribution in [0.5, 0.6) is 0 Å². The third-order valence-corrected chi connectivity index (χ3v) is 1.50. The number of nitrogens with two attached hydrogens (primary N) is 1. The van der Waals surface area contributed by atoms with Gasteiger partial charge in [0.25, 0.3) is 0 Å². The zero-order valence-electron chi connectivity index (χ0n) is 11.3. The lowest BCUT2D eigenvalue weighted by Crippen LogP contribution is -1.98. The Morgan fingerprint density at radius 1 is 1.75 bits per heavy atom. The molecule has 0 aliphatic carbocycles. The Hall–Kier alpha value is -1.65. The van der Waals surface area contributed by atoms with Gasteiger partial charge in [-0.15, -0.1) is 0 Å². The summed E-state index contributed by atoms with van der Waals surface area (Å²) < 4.78 is 38.1. The normalized spacial score (nSPS) is 18.9. The van der Waals surface area contributed by atoms with Gasteiger partial charge < -0.3 is 10.3 Å². The van der Waals surface area contributed by atoms with Crippen molar-refractivity contribution in [2.45, 2.75) is 13.4 Å². The molecule has 0 aromatic carbocycles. The third-order valence-electron chi connectivity index (χ3n) is 1.50. The molecule has 2 rings (SSSR count). The van der Waals surface area contributed by atoms with Crippen molar-refractivity contribution in [2.24, 2.45) is 0 Å². The highest BCUT2D eigenvalue weighted by Crippen LogP contribution is 2.14. The minimum absolute atomic E-state index is 0.0496. The molecular formula is C7H9N5. The molecule has 5 heteroatoms. The molecule has 0 fully saturated rings. The number of anilines is 1. The second kappa shape index (κ2) is 2.44. The fourth-order valence-electron chi connectivity index (χ4n) is 0.957. The topological polar surface area (TPSA) is 69.6 Å². The van der Waals surface area contributed by atoms with E-state index in [1.165, 1.54) is 11.5 Å². The summed E-state index contributed by atoms with van der Waals surface area (Å²) in [6, 6.07) is 0. The summed E-state index contributed by atoms with van der Waals surface area (Å²) in [7, 11) is 0. The lowest BCUT2D eigenvalue weighted by Gasteiger charge is -1.99. The van der Waals surface area contributed by atoms with Crippen LogP contribution in [0.15, 0.2) is 12.6 Å². The summed E-state index contributed by atoms with van der Waals surface area (Å²) in [6.45, 7) is 0.710. The standard InChI is InChI=1S/C7H9N5/c1-2-12-4-11-7-5(12)6(8)9-3-10-7/h3-4H,2H2,1H3,(H2,8,9,10)/i2D,3D,4D/hD2. The van der Waals surface area contributed by atoms with Crippen LogP contribution in [-0.2, 0) is 6.52 Å². The van der Waals surface area contributed by atoms with Crippen molar-refractivity contribution in [3.8, 4) is 0 Å². The number of fused-ring (bicyclic) bond motifs is 1. The first-order valence-electron chi connectivity index (χ1n) is 5.82. The Morgan fingerprint density at radius 2 is 2.67 bits per heavy atom. The van der Waals surface area contributed by atoms with E-state index in [0.717, 1.165) is 0 Å². The fraction of sp³-hybridized carbons (Fsp3) is 0.286. The highest BCUT2D eigenvalue weighted by atomic mass is 15.1. The van der Waals surface area contributed by atoms with E-state index in [9.17, 15) is 0 Å². The second-order valence-corrected chi connectivity index (χ2v) is 2.16. The van der Waals surface area contributed by atoms with E-state index in [4.69, 9.17) is 6.94 Å². The van der Waals surface area contributed by atoms with Gasteiger partial charge in [-0.3, -0.25) is 0 Å². The molecule has 2 heterocycles. The van der Waals surface area contributed by atoms with Gasteiger partial charge in [0.15, 0.2) is 14.3 Å². The average molecular weight is 168 g/mol. The molecule has 2 N–H and O–H groups in total. The summed E-state index contributed by atoms with van der Waals surface area (Å²) in [5, 5.41) is 0. The van der Waals surface area contributed by atoms with Crippen LogP contribution in [0.3, 0.4) is 0 Å². The predicted molar refractivity (Wildman–Crippen MR) is 45.4 cm³/mol. The molecule has 5 nitrogen and oxygen atoms in total. The molecule has 0 spiro atoms. The zero-order chi connectivity index (χ0) is 12.7. The first-order chi connectivity index (χ1) is 7.91. The number of nitrogens with zero attached hydrogens (tertiary/aromatic N) is 4. The van der Waals surface area contributed by atoms with Crippen molar-refractivity contribution in [1.29, 1.82) is 0 Å². The molecule has 1 unspecified atom stereocenters. The summed E-state index contributed by atoms with van der Waals surface area (Å²) >= 11 is 0. The number of hydrogen-bond donors (Lipinski definition) is 1. The molecule has 0 amide bonds. The van der Waals surface area contributed by atoms with Gasteiger partial charge in [-0.2, -0.15) is 0 Å². The Kier molecular flexibility index (Phi) is 0.688. The highest BCUT2D eigenvalue weighted by molar-refractivity contribution is 5.81. The zero-order valence-corrected chi connectivity index (χ0v) is 6.31. The van der Waals surface area contributed by atoms with Crippen LogP contribution in [0.2, 0.25) is 2.82 Å². The van der Waals surface area contributed by atoms with Crippen molar-refractivity contribution in [3.63, 3.8) is 0 Å². The van der Waals surface area contributed by atoms with Gasteiger partial charge in [0.05, 0.1) is 6.30 Å². The number of rotatable bonds is 2. The van der Waals surface area contributed by atoms with E-state index in [1.807, 2.05) is 0 Å².